The molecule has 1 aliphatic heterocycles. The molecular weight excluding hydrogens is 318 g/mol. The summed E-state index contributed by atoms with van der Waals surface area (Å²) >= 11 is 0. The minimum Gasteiger partial charge on any atom is -0.378 e. The molecule has 3 heterocycles. The average Bonchev–Trinajstić information content (AvgIpc) is 3.13. The van der Waals surface area contributed by atoms with E-state index in [0.717, 1.165) is 11.3 Å². The summed E-state index contributed by atoms with van der Waals surface area (Å²) in [6.07, 6.45) is 3.12. The molecule has 0 amide bonds. The zero-order valence-corrected chi connectivity index (χ0v) is 14.3. The highest BCUT2D eigenvalue weighted by atomic mass is 32.2. The first-order chi connectivity index (χ1) is 11.0. The van der Waals surface area contributed by atoms with E-state index in [-0.39, 0.29) is 4.90 Å². The third kappa shape index (κ3) is 2.68. The minimum atomic E-state index is -3.65. The number of nitrogens with zero attached hydrogens (tertiary/aromatic N) is 4. The molecule has 1 aliphatic rings. The van der Waals surface area contributed by atoms with Crippen LogP contribution in [0.2, 0.25) is 0 Å². The van der Waals surface area contributed by atoms with Gasteiger partial charge in [0.1, 0.15) is 4.90 Å². The van der Waals surface area contributed by atoms with Crippen LogP contribution in [0.15, 0.2) is 17.3 Å². The van der Waals surface area contributed by atoms with E-state index in [1.165, 1.54) is 10.5 Å². The summed E-state index contributed by atoms with van der Waals surface area (Å²) in [6.45, 7) is 7.24. The number of ether oxygens (including phenoxy) is 1. The Hall–Kier alpha value is -1.71. The molecule has 0 saturated carbocycles. The lowest BCUT2D eigenvalue weighted by Gasteiger charge is -2.34. The van der Waals surface area contributed by atoms with Gasteiger partial charge < -0.3 is 4.74 Å². The van der Waals surface area contributed by atoms with Gasteiger partial charge in [0.15, 0.2) is 0 Å². The van der Waals surface area contributed by atoms with Crippen molar-refractivity contribution in [3.8, 4) is 0 Å². The third-order valence-electron chi connectivity index (χ3n) is 4.22. The molecule has 2 aromatic heterocycles. The van der Waals surface area contributed by atoms with E-state index in [9.17, 15) is 8.42 Å². The summed E-state index contributed by atoms with van der Waals surface area (Å²) in [5.41, 5.74) is 2.34. The van der Waals surface area contributed by atoms with Gasteiger partial charge in [0.05, 0.1) is 43.0 Å². The second-order valence-electron chi connectivity index (χ2n) is 5.58. The number of rotatable bonds is 4. The van der Waals surface area contributed by atoms with E-state index in [1.54, 1.807) is 17.8 Å². The smallest absolute Gasteiger partial charge is 0.247 e. The first-order valence-corrected chi connectivity index (χ1v) is 9.02. The molecule has 0 radical (unpaired) electrons. The van der Waals surface area contributed by atoms with Crippen LogP contribution in [0.25, 0.3) is 0 Å². The van der Waals surface area contributed by atoms with Gasteiger partial charge in [-0.1, -0.05) is 0 Å². The van der Waals surface area contributed by atoms with Gasteiger partial charge >= 0.3 is 0 Å². The monoisotopic (exact) mass is 339 g/mol. The Morgan fingerprint density at radius 2 is 2.17 bits per heavy atom. The molecule has 0 spiro atoms. The Kier molecular flexibility index (Phi) is 4.26. The number of aryl methyl sites for hydroxylation is 2. The maximum absolute atomic E-state index is 13.1. The van der Waals surface area contributed by atoms with Crippen LogP contribution < -0.4 is 0 Å². The lowest BCUT2D eigenvalue weighted by atomic mass is 10.1. The Morgan fingerprint density at radius 3 is 2.78 bits per heavy atom. The highest BCUT2D eigenvalue weighted by Gasteiger charge is 2.38. The van der Waals surface area contributed by atoms with Crippen LogP contribution in [0.3, 0.4) is 0 Å². The number of H-pyrrole nitrogens is 1. The van der Waals surface area contributed by atoms with Gasteiger partial charge in [-0.2, -0.15) is 14.5 Å². The van der Waals surface area contributed by atoms with E-state index in [2.05, 4.69) is 15.3 Å². The second kappa shape index (κ2) is 6.06. The van der Waals surface area contributed by atoms with E-state index in [0.29, 0.717) is 32.0 Å². The Balaban J connectivity index is 2.02. The van der Waals surface area contributed by atoms with E-state index >= 15 is 0 Å². The van der Waals surface area contributed by atoms with Crippen LogP contribution in [0.4, 0.5) is 0 Å². The third-order valence-corrected chi connectivity index (χ3v) is 6.24. The highest BCUT2D eigenvalue weighted by molar-refractivity contribution is 7.89. The van der Waals surface area contributed by atoms with E-state index in [4.69, 9.17) is 4.74 Å². The number of sulfonamides is 1. The SMILES string of the molecule is CCn1ncc(S(=O)(=O)N2CCOC[C@@H]2c2[nH]ncc2C)c1C. The number of morpholine rings is 1. The topological polar surface area (TPSA) is 93.1 Å². The summed E-state index contributed by atoms with van der Waals surface area (Å²) < 4.78 is 34.9. The minimum absolute atomic E-state index is 0.253. The van der Waals surface area contributed by atoms with Gasteiger partial charge in [-0.05, 0) is 26.3 Å². The van der Waals surface area contributed by atoms with Gasteiger partial charge in [-0.25, -0.2) is 8.42 Å². The summed E-state index contributed by atoms with van der Waals surface area (Å²) in [6, 6.07) is -0.402. The van der Waals surface area contributed by atoms with Crippen molar-refractivity contribution in [2.24, 2.45) is 0 Å². The van der Waals surface area contributed by atoms with Crippen LogP contribution >= 0.6 is 0 Å². The Labute approximate surface area is 135 Å². The summed E-state index contributed by atoms with van der Waals surface area (Å²) in [5.74, 6) is 0. The molecule has 9 heteroatoms. The summed E-state index contributed by atoms with van der Waals surface area (Å²) in [7, 11) is -3.65. The number of nitrogens with one attached hydrogen (secondary N) is 1. The summed E-state index contributed by atoms with van der Waals surface area (Å²) in [4.78, 5) is 0.253. The Morgan fingerprint density at radius 1 is 1.39 bits per heavy atom. The molecule has 0 unspecified atom stereocenters. The van der Waals surface area contributed by atoms with Crippen LogP contribution in [-0.4, -0.2) is 52.5 Å². The lowest BCUT2D eigenvalue weighted by Crippen LogP contribution is -2.43. The molecule has 1 fully saturated rings. The molecule has 0 aromatic carbocycles. The number of hydrogen-bond acceptors (Lipinski definition) is 5. The summed E-state index contributed by atoms with van der Waals surface area (Å²) in [5, 5.41) is 11.1. The molecule has 2 aromatic rings. The lowest BCUT2D eigenvalue weighted by molar-refractivity contribution is 0.0303. The molecular formula is C14H21N5O3S. The van der Waals surface area contributed by atoms with Crippen molar-refractivity contribution in [1.29, 1.82) is 0 Å². The fourth-order valence-electron chi connectivity index (χ4n) is 2.92. The van der Waals surface area contributed by atoms with Crippen LogP contribution in [0, 0.1) is 13.8 Å². The van der Waals surface area contributed by atoms with Crippen molar-refractivity contribution in [3.05, 3.63) is 29.3 Å². The van der Waals surface area contributed by atoms with Gasteiger partial charge in [0, 0.05) is 13.1 Å². The van der Waals surface area contributed by atoms with Crippen molar-refractivity contribution >= 4 is 10.0 Å². The molecule has 126 valence electrons. The molecule has 8 nitrogen and oxygen atoms in total. The van der Waals surface area contributed by atoms with Gasteiger partial charge in [-0.3, -0.25) is 9.78 Å². The van der Waals surface area contributed by atoms with Crippen molar-refractivity contribution in [2.45, 2.75) is 38.3 Å². The zero-order chi connectivity index (χ0) is 16.6. The normalized spacial score (nSPS) is 20.0. The molecule has 1 saturated heterocycles. The quantitative estimate of drug-likeness (QED) is 0.897. The maximum Gasteiger partial charge on any atom is 0.247 e. The van der Waals surface area contributed by atoms with Crippen LogP contribution in [0.5, 0.6) is 0 Å². The molecule has 1 atom stereocenters. The highest BCUT2D eigenvalue weighted by Crippen LogP contribution is 2.31. The van der Waals surface area contributed by atoms with Crippen molar-refractivity contribution in [2.75, 3.05) is 19.8 Å². The number of aromatic amines is 1. The number of hydrogen-bond donors (Lipinski definition) is 1. The van der Waals surface area contributed by atoms with Gasteiger partial charge in [-0.15, -0.1) is 0 Å². The van der Waals surface area contributed by atoms with Crippen molar-refractivity contribution in [1.82, 2.24) is 24.3 Å². The fourth-order valence-corrected chi connectivity index (χ4v) is 4.65. The van der Waals surface area contributed by atoms with E-state index in [1.807, 2.05) is 13.8 Å². The standard InChI is InChI=1S/C14H21N5O3S/c1-4-18-11(3)13(8-16-18)23(20,21)19-5-6-22-9-12(19)14-10(2)7-15-17-14/h7-8,12H,4-6,9H2,1-3H3,(H,15,17)/t12-/m1/s1. The molecule has 3 rings (SSSR count). The zero-order valence-electron chi connectivity index (χ0n) is 13.5. The first kappa shape index (κ1) is 16.2. The molecule has 23 heavy (non-hydrogen) atoms. The van der Waals surface area contributed by atoms with Crippen molar-refractivity contribution < 1.29 is 13.2 Å². The predicted octanol–water partition coefficient (Wildman–Crippen LogP) is 1.01. The average molecular weight is 339 g/mol. The van der Waals surface area contributed by atoms with Crippen LogP contribution in [0.1, 0.15) is 29.9 Å². The molecule has 1 N–H and O–H groups in total. The molecule has 0 aliphatic carbocycles. The molecule has 0 bridgehead atoms. The van der Waals surface area contributed by atoms with Gasteiger partial charge in [0.25, 0.3) is 0 Å². The van der Waals surface area contributed by atoms with Gasteiger partial charge in [0.2, 0.25) is 10.0 Å². The first-order valence-electron chi connectivity index (χ1n) is 7.58. The van der Waals surface area contributed by atoms with E-state index < -0.39 is 16.1 Å². The largest absolute Gasteiger partial charge is 0.378 e. The van der Waals surface area contributed by atoms with Crippen molar-refractivity contribution in [3.63, 3.8) is 0 Å². The second-order valence-corrected chi connectivity index (χ2v) is 7.44. The number of aromatic nitrogens is 4. The Bertz CT molecular complexity index is 795. The fraction of sp³-hybridized carbons (Fsp3) is 0.571. The maximum atomic E-state index is 13.1. The predicted molar refractivity (Wildman–Crippen MR) is 83.4 cm³/mol. The van der Waals surface area contributed by atoms with Crippen LogP contribution in [-0.2, 0) is 21.3 Å².